The fraction of sp³-hybridized carbons (Fsp3) is 1.00. The predicted molar refractivity (Wildman–Crippen MR) is 57.5 cm³/mol. The molecule has 3 unspecified atom stereocenters. The highest BCUT2D eigenvalue weighted by molar-refractivity contribution is 4.87. The molecule has 0 bridgehead atoms. The van der Waals surface area contributed by atoms with Gasteiger partial charge < -0.3 is 10.1 Å². The highest BCUT2D eigenvalue weighted by Gasteiger charge is 2.30. The van der Waals surface area contributed by atoms with Crippen molar-refractivity contribution in [1.29, 1.82) is 0 Å². The Labute approximate surface area is 86.8 Å². The van der Waals surface area contributed by atoms with E-state index >= 15 is 0 Å². The van der Waals surface area contributed by atoms with Gasteiger partial charge in [-0.1, -0.05) is 0 Å². The monoisotopic (exact) mass is 198 g/mol. The molecule has 2 rings (SSSR count). The summed E-state index contributed by atoms with van der Waals surface area (Å²) >= 11 is 0. The number of piperazine rings is 1. The van der Waals surface area contributed by atoms with Crippen LogP contribution in [0.2, 0.25) is 0 Å². The quantitative estimate of drug-likeness (QED) is 0.712. The van der Waals surface area contributed by atoms with E-state index in [4.69, 9.17) is 4.74 Å². The van der Waals surface area contributed by atoms with Crippen LogP contribution < -0.4 is 5.32 Å². The molecule has 1 saturated carbocycles. The van der Waals surface area contributed by atoms with Crippen LogP contribution in [0.1, 0.15) is 26.2 Å². The zero-order chi connectivity index (χ0) is 9.97. The molecule has 3 atom stereocenters. The van der Waals surface area contributed by atoms with Gasteiger partial charge in [-0.25, -0.2) is 0 Å². The fourth-order valence-electron chi connectivity index (χ4n) is 2.76. The average molecular weight is 198 g/mol. The number of nitrogens with one attached hydrogen (secondary N) is 1. The van der Waals surface area contributed by atoms with E-state index < -0.39 is 0 Å². The summed E-state index contributed by atoms with van der Waals surface area (Å²) in [5.41, 5.74) is 0. The van der Waals surface area contributed by atoms with Crippen molar-refractivity contribution in [3.8, 4) is 0 Å². The van der Waals surface area contributed by atoms with Gasteiger partial charge in [0.2, 0.25) is 0 Å². The molecule has 0 aromatic rings. The lowest BCUT2D eigenvalue weighted by Gasteiger charge is -2.36. The van der Waals surface area contributed by atoms with Gasteiger partial charge in [0.1, 0.15) is 0 Å². The smallest absolute Gasteiger partial charge is 0.0586 e. The largest absolute Gasteiger partial charge is 0.381 e. The molecule has 0 amide bonds. The summed E-state index contributed by atoms with van der Waals surface area (Å²) in [4.78, 5) is 2.64. The summed E-state index contributed by atoms with van der Waals surface area (Å²) < 4.78 is 5.42. The second-order valence-corrected chi connectivity index (χ2v) is 4.67. The molecule has 82 valence electrons. The highest BCUT2D eigenvalue weighted by atomic mass is 16.5. The molecule has 0 spiro atoms. The minimum Gasteiger partial charge on any atom is -0.381 e. The van der Waals surface area contributed by atoms with Crippen LogP contribution in [-0.2, 0) is 4.74 Å². The van der Waals surface area contributed by atoms with Gasteiger partial charge in [-0.2, -0.15) is 0 Å². The maximum atomic E-state index is 5.42. The van der Waals surface area contributed by atoms with Gasteiger partial charge in [0.25, 0.3) is 0 Å². The molecule has 1 N–H and O–H groups in total. The maximum Gasteiger partial charge on any atom is 0.0586 e. The summed E-state index contributed by atoms with van der Waals surface area (Å²) in [6.45, 7) is 5.84. The first-order chi connectivity index (χ1) is 6.79. The van der Waals surface area contributed by atoms with Crippen LogP contribution in [0.25, 0.3) is 0 Å². The Balaban J connectivity index is 1.83. The molecule has 0 aromatic carbocycles. The van der Waals surface area contributed by atoms with Gasteiger partial charge in [0, 0.05) is 38.8 Å². The van der Waals surface area contributed by atoms with Crippen molar-refractivity contribution in [3.05, 3.63) is 0 Å². The van der Waals surface area contributed by atoms with Crippen LogP contribution in [0.4, 0.5) is 0 Å². The zero-order valence-electron chi connectivity index (χ0n) is 9.33. The van der Waals surface area contributed by atoms with Gasteiger partial charge in [-0.05, 0) is 26.2 Å². The van der Waals surface area contributed by atoms with E-state index in [-0.39, 0.29) is 0 Å². The number of hydrogen-bond donors (Lipinski definition) is 1. The molecule has 0 radical (unpaired) electrons. The third-order valence-corrected chi connectivity index (χ3v) is 3.61. The third kappa shape index (κ3) is 2.27. The van der Waals surface area contributed by atoms with Crippen molar-refractivity contribution in [3.63, 3.8) is 0 Å². The Morgan fingerprint density at radius 2 is 2.21 bits per heavy atom. The zero-order valence-corrected chi connectivity index (χ0v) is 9.33. The lowest BCUT2D eigenvalue weighted by molar-refractivity contribution is 0.0903. The normalized spacial score (nSPS) is 40.3. The van der Waals surface area contributed by atoms with Crippen molar-refractivity contribution in [2.45, 2.75) is 44.4 Å². The Kier molecular flexibility index (Phi) is 3.42. The summed E-state index contributed by atoms with van der Waals surface area (Å²) in [5.74, 6) is 0. The predicted octanol–water partition coefficient (Wildman–Crippen LogP) is 0.848. The molecule has 2 fully saturated rings. The first-order valence-electron chi connectivity index (χ1n) is 5.80. The van der Waals surface area contributed by atoms with Crippen molar-refractivity contribution in [1.82, 2.24) is 10.2 Å². The van der Waals surface area contributed by atoms with Gasteiger partial charge in [-0.15, -0.1) is 0 Å². The number of rotatable bonds is 2. The van der Waals surface area contributed by atoms with Gasteiger partial charge in [-0.3, -0.25) is 4.90 Å². The second-order valence-electron chi connectivity index (χ2n) is 4.67. The van der Waals surface area contributed by atoms with E-state index in [2.05, 4.69) is 17.1 Å². The molecular weight excluding hydrogens is 176 g/mol. The highest BCUT2D eigenvalue weighted by Crippen LogP contribution is 2.26. The molecule has 1 heterocycles. The van der Waals surface area contributed by atoms with Crippen molar-refractivity contribution in [2.75, 3.05) is 26.7 Å². The van der Waals surface area contributed by atoms with Crippen molar-refractivity contribution < 1.29 is 4.74 Å². The molecule has 1 aliphatic carbocycles. The van der Waals surface area contributed by atoms with Crippen LogP contribution in [0.3, 0.4) is 0 Å². The Morgan fingerprint density at radius 3 is 2.86 bits per heavy atom. The molecule has 1 aliphatic heterocycles. The van der Waals surface area contributed by atoms with E-state index in [1.54, 1.807) is 0 Å². The SMILES string of the molecule is COC1CCC(N2CCNC(C)C2)C1. The molecule has 1 saturated heterocycles. The second kappa shape index (κ2) is 4.60. The molecule has 0 aromatic heterocycles. The Morgan fingerprint density at radius 1 is 1.36 bits per heavy atom. The number of ether oxygens (including phenoxy) is 1. The van der Waals surface area contributed by atoms with E-state index in [1.807, 2.05) is 7.11 Å². The number of nitrogens with zero attached hydrogens (tertiary/aromatic N) is 1. The Hall–Kier alpha value is -0.120. The third-order valence-electron chi connectivity index (χ3n) is 3.61. The lowest BCUT2D eigenvalue weighted by atomic mass is 10.1. The average Bonchev–Trinajstić information content (AvgIpc) is 2.66. The van der Waals surface area contributed by atoms with Crippen molar-refractivity contribution >= 4 is 0 Å². The topological polar surface area (TPSA) is 24.5 Å². The molecular formula is C11H22N2O. The van der Waals surface area contributed by atoms with Crippen LogP contribution >= 0.6 is 0 Å². The van der Waals surface area contributed by atoms with Crippen LogP contribution in [0.5, 0.6) is 0 Å². The standard InChI is InChI=1S/C11H22N2O/c1-9-8-13(6-5-12-9)10-3-4-11(7-10)14-2/h9-12H,3-8H2,1-2H3. The minimum absolute atomic E-state index is 0.519. The number of methoxy groups -OCH3 is 1. The van der Waals surface area contributed by atoms with Crippen LogP contribution in [-0.4, -0.2) is 49.8 Å². The fourth-order valence-corrected chi connectivity index (χ4v) is 2.76. The maximum absolute atomic E-state index is 5.42. The molecule has 2 aliphatic rings. The molecule has 3 nitrogen and oxygen atoms in total. The Bertz CT molecular complexity index is 186. The van der Waals surface area contributed by atoms with Crippen LogP contribution in [0.15, 0.2) is 0 Å². The number of hydrogen-bond acceptors (Lipinski definition) is 3. The summed E-state index contributed by atoms with van der Waals surface area (Å²) in [6, 6.07) is 1.44. The summed E-state index contributed by atoms with van der Waals surface area (Å²) in [5, 5.41) is 3.49. The van der Waals surface area contributed by atoms with E-state index in [0.29, 0.717) is 12.1 Å². The van der Waals surface area contributed by atoms with Gasteiger partial charge in [0.05, 0.1) is 6.10 Å². The summed E-state index contributed by atoms with van der Waals surface area (Å²) in [7, 11) is 1.84. The van der Waals surface area contributed by atoms with E-state index in [0.717, 1.165) is 12.6 Å². The first-order valence-corrected chi connectivity index (χ1v) is 5.80. The summed E-state index contributed by atoms with van der Waals surface area (Å²) in [6.07, 6.45) is 4.33. The van der Waals surface area contributed by atoms with Crippen molar-refractivity contribution in [2.24, 2.45) is 0 Å². The van der Waals surface area contributed by atoms with Gasteiger partial charge in [0.15, 0.2) is 0 Å². The van der Waals surface area contributed by atoms with E-state index in [9.17, 15) is 0 Å². The molecule has 14 heavy (non-hydrogen) atoms. The minimum atomic E-state index is 0.519. The first kappa shape index (κ1) is 10.4. The van der Waals surface area contributed by atoms with Gasteiger partial charge >= 0.3 is 0 Å². The van der Waals surface area contributed by atoms with E-state index in [1.165, 1.54) is 32.4 Å². The van der Waals surface area contributed by atoms with Crippen LogP contribution in [0, 0.1) is 0 Å². The molecule has 3 heteroatoms. The lowest BCUT2D eigenvalue weighted by Crippen LogP contribution is -2.52.